The lowest BCUT2D eigenvalue weighted by Gasteiger charge is -2.00. The van der Waals surface area contributed by atoms with Gasteiger partial charge in [-0.25, -0.2) is 4.98 Å². The summed E-state index contributed by atoms with van der Waals surface area (Å²) in [7, 11) is 1.57. The van der Waals surface area contributed by atoms with Crippen LogP contribution in [0.15, 0.2) is 0 Å². The molecule has 0 aliphatic carbocycles. The van der Waals surface area contributed by atoms with Crippen LogP contribution in [0.1, 0.15) is 22.0 Å². The number of aryl methyl sites for hydroxylation is 2. The average Bonchev–Trinajstić information content (AvgIpc) is 2.84. The SMILES string of the molecule is COCc1c(C#N)nnn1-c1nc(C)c(C)s1. The molecule has 17 heavy (non-hydrogen) atoms. The van der Waals surface area contributed by atoms with Gasteiger partial charge in [0.2, 0.25) is 5.13 Å². The molecule has 0 aliphatic heterocycles. The highest BCUT2D eigenvalue weighted by atomic mass is 32.1. The lowest BCUT2D eigenvalue weighted by atomic mass is 10.3. The van der Waals surface area contributed by atoms with Gasteiger partial charge in [-0.2, -0.15) is 9.94 Å². The minimum atomic E-state index is 0.275. The Bertz CT molecular complexity index is 561. The number of nitrogens with zero attached hydrogens (tertiary/aromatic N) is 5. The zero-order valence-electron chi connectivity index (χ0n) is 9.76. The maximum Gasteiger partial charge on any atom is 0.212 e. The van der Waals surface area contributed by atoms with Gasteiger partial charge in [-0.3, -0.25) is 0 Å². The van der Waals surface area contributed by atoms with Crippen molar-refractivity contribution in [2.75, 3.05) is 7.11 Å². The van der Waals surface area contributed by atoms with Gasteiger partial charge in [-0.1, -0.05) is 16.6 Å². The summed E-state index contributed by atoms with van der Waals surface area (Å²) in [6.07, 6.45) is 0. The van der Waals surface area contributed by atoms with Crippen LogP contribution < -0.4 is 0 Å². The standard InChI is InChI=1S/C10H11N5OS/c1-6-7(2)17-10(12-6)15-9(5-16-3)8(4-11)13-14-15/h5H2,1-3H3. The van der Waals surface area contributed by atoms with Crippen LogP contribution in [-0.4, -0.2) is 27.1 Å². The molecule has 0 saturated carbocycles. The highest BCUT2D eigenvalue weighted by Crippen LogP contribution is 2.21. The Hall–Kier alpha value is -1.78. The Morgan fingerprint density at radius 1 is 1.47 bits per heavy atom. The van der Waals surface area contributed by atoms with E-state index in [9.17, 15) is 0 Å². The second-order valence-electron chi connectivity index (χ2n) is 3.48. The molecular weight excluding hydrogens is 238 g/mol. The van der Waals surface area contributed by atoms with Crippen LogP contribution in [0.3, 0.4) is 0 Å². The molecule has 0 N–H and O–H groups in total. The lowest BCUT2D eigenvalue weighted by Crippen LogP contribution is -2.04. The molecule has 0 atom stereocenters. The Labute approximate surface area is 102 Å². The molecule has 6 nitrogen and oxygen atoms in total. The monoisotopic (exact) mass is 249 g/mol. The van der Waals surface area contributed by atoms with Crippen molar-refractivity contribution in [3.63, 3.8) is 0 Å². The van der Waals surface area contributed by atoms with Crippen LogP contribution in [0.5, 0.6) is 0 Å². The molecule has 0 spiro atoms. The summed E-state index contributed by atoms with van der Waals surface area (Å²) >= 11 is 1.52. The van der Waals surface area contributed by atoms with Crippen molar-refractivity contribution < 1.29 is 4.74 Å². The number of hydrogen-bond acceptors (Lipinski definition) is 6. The third-order valence-corrected chi connectivity index (χ3v) is 3.40. The molecule has 0 fully saturated rings. The molecular formula is C10H11N5OS. The Morgan fingerprint density at radius 2 is 2.24 bits per heavy atom. The van der Waals surface area contributed by atoms with Gasteiger partial charge < -0.3 is 4.74 Å². The fraction of sp³-hybridized carbons (Fsp3) is 0.400. The van der Waals surface area contributed by atoms with Crippen LogP contribution in [0.25, 0.3) is 5.13 Å². The lowest BCUT2D eigenvalue weighted by molar-refractivity contribution is 0.179. The molecule has 0 amide bonds. The van der Waals surface area contributed by atoms with Crippen molar-refractivity contribution >= 4 is 11.3 Å². The topological polar surface area (TPSA) is 76.6 Å². The van der Waals surface area contributed by atoms with Crippen molar-refractivity contribution in [2.45, 2.75) is 20.5 Å². The van der Waals surface area contributed by atoms with E-state index in [0.29, 0.717) is 10.8 Å². The van der Waals surface area contributed by atoms with Gasteiger partial charge in [-0.05, 0) is 13.8 Å². The van der Waals surface area contributed by atoms with Gasteiger partial charge in [0.25, 0.3) is 0 Å². The largest absolute Gasteiger partial charge is 0.378 e. The number of thiazole rings is 1. The van der Waals surface area contributed by atoms with Crippen LogP contribution in [0.4, 0.5) is 0 Å². The summed E-state index contributed by atoms with van der Waals surface area (Å²) in [5, 5.41) is 17.4. The predicted octanol–water partition coefficient (Wildman–Crippen LogP) is 1.36. The van der Waals surface area contributed by atoms with Crippen LogP contribution in [0.2, 0.25) is 0 Å². The summed E-state index contributed by atoms with van der Waals surface area (Å²) in [6, 6.07) is 1.99. The number of nitriles is 1. The molecule has 2 aromatic heterocycles. The van der Waals surface area contributed by atoms with Gasteiger partial charge in [0.05, 0.1) is 12.3 Å². The second kappa shape index (κ2) is 4.61. The zero-order valence-corrected chi connectivity index (χ0v) is 10.6. The first-order valence-electron chi connectivity index (χ1n) is 4.95. The molecule has 0 bridgehead atoms. The van der Waals surface area contributed by atoms with Gasteiger partial charge >= 0.3 is 0 Å². The van der Waals surface area contributed by atoms with E-state index in [4.69, 9.17) is 10.00 Å². The van der Waals surface area contributed by atoms with Gasteiger partial charge in [0.1, 0.15) is 11.8 Å². The second-order valence-corrected chi connectivity index (χ2v) is 4.66. The number of rotatable bonds is 3. The van der Waals surface area contributed by atoms with E-state index in [1.165, 1.54) is 11.3 Å². The minimum absolute atomic E-state index is 0.275. The maximum absolute atomic E-state index is 8.93. The third-order valence-electron chi connectivity index (χ3n) is 2.35. The first-order chi connectivity index (χ1) is 8.17. The average molecular weight is 249 g/mol. The number of ether oxygens (including phenoxy) is 1. The molecule has 2 rings (SSSR count). The van der Waals surface area contributed by atoms with Crippen molar-refractivity contribution in [1.29, 1.82) is 5.26 Å². The molecule has 2 heterocycles. The Kier molecular flexibility index (Phi) is 3.17. The van der Waals surface area contributed by atoms with Crippen LogP contribution >= 0.6 is 11.3 Å². The molecule has 0 saturated heterocycles. The smallest absolute Gasteiger partial charge is 0.212 e. The van der Waals surface area contributed by atoms with Crippen molar-refractivity contribution in [3.8, 4) is 11.2 Å². The Balaban J connectivity index is 2.52. The molecule has 2 aromatic rings. The Morgan fingerprint density at radius 3 is 2.76 bits per heavy atom. The fourth-order valence-electron chi connectivity index (χ4n) is 1.35. The van der Waals surface area contributed by atoms with Crippen LogP contribution in [-0.2, 0) is 11.3 Å². The van der Waals surface area contributed by atoms with Crippen molar-refractivity contribution in [3.05, 3.63) is 22.0 Å². The first-order valence-corrected chi connectivity index (χ1v) is 5.77. The van der Waals surface area contributed by atoms with Gasteiger partial charge in [0.15, 0.2) is 5.69 Å². The highest BCUT2D eigenvalue weighted by molar-refractivity contribution is 7.14. The minimum Gasteiger partial charge on any atom is -0.378 e. The van der Waals surface area contributed by atoms with Crippen molar-refractivity contribution in [2.24, 2.45) is 0 Å². The quantitative estimate of drug-likeness (QED) is 0.820. The number of hydrogen-bond donors (Lipinski definition) is 0. The molecule has 7 heteroatoms. The van der Waals surface area contributed by atoms with E-state index < -0.39 is 0 Å². The van der Waals surface area contributed by atoms with Crippen LogP contribution in [0, 0.1) is 25.2 Å². The first kappa shape index (κ1) is 11.7. The summed E-state index contributed by atoms with van der Waals surface area (Å²) in [6.45, 7) is 4.22. The van der Waals surface area contributed by atoms with Gasteiger partial charge in [0, 0.05) is 12.0 Å². The van der Waals surface area contributed by atoms with E-state index >= 15 is 0 Å². The third kappa shape index (κ3) is 2.05. The number of methoxy groups -OCH3 is 1. The fourth-order valence-corrected chi connectivity index (χ4v) is 2.24. The molecule has 0 radical (unpaired) electrons. The van der Waals surface area contributed by atoms with Gasteiger partial charge in [-0.15, -0.1) is 5.10 Å². The molecule has 0 aromatic carbocycles. The molecule has 0 aliphatic rings. The molecule has 0 unspecified atom stereocenters. The zero-order chi connectivity index (χ0) is 12.4. The van der Waals surface area contributed by atoms with E-state index in [1.54, 1.807) is 11.8 Å². The predicted molar refractivity (Wildman–Crippen MR) is 61.9 cm³/mol. The maximum atomic E-state index is 8.93. The van der Waals surface area contributed by atoms with E-state index in [2.05, 4.69) is 15.3 Å². The number of aromatic nitrogens is 4. The summed E-state index contributed by atoms with van der Waals surface area (Å²) < 4.78 is 6.62. The van der Waals surface area contributed by atoms with Crippen molar-refractivity contribution in [1.82, 2.24) is 20.0 Å². The van der Waals surface area contributed by atoms with E-state index in [0.717, 1.165) is 10.6 Å². The van der Waals surface area contributed by atoms with E-state index in [-0.39, 0.29) is 12.3 Å². The summed E-state index contributed by atoms with van der Waals surface area (Å²) in [5.74, 6) is 0. The highest BCUT2D eigenvalue weighted by Gasteiger charge is 2.16. The summed E-state index contributed by atoms with van der Waals surface area (Å²) in [4.78, 5) is 5.51. The van der Waals surface area contributed by atoms with E-state index in [1.807, 2.05) is 19.9 Å². The molecule has 88 valence electrons. The normalized spacial score (nSPS) is 10.5. The summed E-state index contributed by atoms with van der Waals surface area (Å²) in [5.41, 5.74) is 1.86.